The molecule has 1 aromatic heterocycles. The summed E-state index contributed by atoms with van der Waals surface area (Å²) in [6.45, 7) is 2.00. The molecule has 1 aromatic carbocycles. The van der Waals surface area contributed by atoms with Crippen molar-refractivity contribution in [3.8, 4) is 0 Å². The van der Waals surface area contributed by atoms with E-state index in [-0.39, 0.29) is 5.91 Å². The van der Waals surface area contributed by atoms with Crippen LogP contribution in [0.15, 0.2) is 41.0 Å². The van der Waals surface area contributed by atoms with Gasteiger partial charge in [-0.25, -0.2) is 4.79 Å². The van der Waals surface area contributed by atoms with Crippen molar-refractivity contribution in [1.29, 1.82) is 0 Å². The molecule has 0 aliphatic carbocycles. The molecule has 108 valence electrons. The van der Waals surface area contributed by atoms with E-state index in [1.54, 1.807) is 13.0 Å². The maximum Gasteiger partial charge on any atom is 0.326 e. The molecule has 5 nitrogen and oxygen atoms in total. The first kappa shape index (κ1) is 13.4. The van der Waals surface area contributed by atoms with Crippen LogP contribution in [0.4, 0.5) is 0 Å². The number of furan rings is 1. The van der Waals surface area contributed by atoms with E-state index in [0.717, 1.165) is 11.1 Å². The summed E-state index contributed by atoms with van der Waals surface area (Å²) in [5, 5.41) is 9.43. The van der Waals surface area contributed by atoms with E-state index in [1.807, 2.05) is 24.3 Å². The second-order valence-electron chi connectivity index (χ2n) is 5.15. The molecule has 0 radical (unpaired) electrons. The van der Waals surface area contributed by atoms with Crippen LogP contribution in [0.2, 0.25) is 0 Å². The molecule has 0 fully saturated rings. The molecule has 2 heterocycles. The lowest BCUT2D eigenvalue weighted by Crippen LogP contribution is -2.48. The minimum Gasteiger partial charge on any atom is -0.480 e. The fourth-order valence-electron chi connectivity index (χ4n) is 2.72. The van der Waals surface area contributed by atoms with Gasteiger partial charge in [0.2, 0.25) is 0 Å². The highest BCUT2D eigenvalue weighted by Crippen LogP contribution is 2.26. The van der Waals surface area contributed by atoms with Crippen molar-refractivity contribution in [2.75, 3.05) is 0 Å². The van der Waals surface area contributed by atoms with Gasteiger partial charge in [-0.2, -0.15) is 0 Å². The fraction of sp³-hybridized carbons (Fsp3) is 0.250. The van der Waals surface area contributed by atoms with E-state index in [0.29, 0.717) is 24.3 Å². The summed E-state index contributed by atoms with van der Waals surface area (Å²) in [5.41, 5.74) is 2.39. The predicted molar refractivity (Wildman–Crippen MR) is 74.9 cm³/mol. The van der Waals surface area contributed by atoms with Gasteiger partial charge in [0.25, 0.3) is 5.91 Å². The number of carbonyl (C=O) groups excluding carboxylic acids is 1. The first-order valence-corrected chi connectivity index (χ1v) is 6.72. The topological polar surface area (TPSA) is 70.8 Å². The van der Waals surface area contributed by atoms with Crippen LogP contribution in [0, 0.1) is 6.92 Å². The number of nitrogens with zero attached hydrogens (tertiary/aromatic N) is 1. The van der Waals surface area contributed by atoms with E-state index in [1.165, 1.54) is 11.2 Å². The molecule has 0 bridgehead atoms. The SMILES string of the molecule is Cc1occc1C(=O)N1Cc2ccccc2C[C@H]1C(=O)O. The lowest BCUT2D eigenvalue weighted by molar-refractivity contribution is -0.142. The Morgan fingerprint density at radius 2 is 1.95 bits per heavy atom. The number of hydrogen-bond acceptors (Lipinski definition) is 3. The van der Waals surface area contributed by atoms with Crippen molar-refractivity contribution in [3.05, 3.63) is 59.0 Å². The Hall–Kier alpha value is -2.56. The summed E-state index contributed by atoms with van der Waals surface area (Å²) in [7, 11) is 0. The largest absolute Gasteiger partial charge is 0.480 e. The van der Waals surface area contributed by atoms with Gasteiger partial charge in [0, 0.05) is 13.0 Å². The second kappa shape index (κ2) is 5.09. The Balaban J connectivity index is 1.98. The quantitative estimate of drug-likeness (QED) is 0.918. The van der Waals surface area contributed by atoms with Crippen LogP contribution < -0.4 is 0 Å². The number of aryl methyl sites for hydroxylation is 1. The third-order valence-corrected chi connectivity index (χ3v) is 3.88. The molecule has 1 aliphatic heterocycles. The Bertz CT molecular complexity index is 704. The summed E-state index contributed by atoms with van der Waals surface area (Å²) in [6, 6.07) is 8.35. The summed E-state index contributed by atoms with van der Waals surface area (Å²) in [4.78, 5) is 25.5. The maximum absolute atomic E-state index is 12.6. The van der Waals surface area contributed by atoms with Crippen LogP contribution in [-0.2, 0) is 17.8 Å². The molecular weight excluding hydrogens is 270 g/mol. The summed E-state index contributed by atoms with van der Waals surface area (Å²) in [6.07, 6.45) is 1.77. The molecule has 3 rings (SSSR count). The number of aliphatic carboxylic acids is 1. The number of benzene rings is 1. The van der Waals surface area contributed by atoms with E-state index in [2.05, 4.69) is 0 Å². The van der Waals surface area contributed by atoms with Gasteiger partial charge in [0.05, 0.1) is 11.8 Å². The highest BCUT2D eigenvalue weighted by molar-refractivity contribution is 5.97. The van der Waals surface area contributed by atoms with Gasteiger partial charge in [-0.15, -0.1) is 0 Å². The molecule has 21 heavy (non-hydrogen) atoms. The van der Waals surface area contributed by atoms with Crippen molar-refractivity contribution in [3.63, 3.8) is 0 Å². The van der Waals surface area contributed by atoms with Gasteiger partial charge in [-0.1, -0.05) is 24.3 Å². The summed E-state index contributed by atoms with van der Waals surface area (Å²) < 4.78 is 5.15. The highest BCUT2D eigenvalue weighted by Gasteiger charge is 2.35. The van der Waals surface area contributed by atoms with E-state index in [9.17, 15) is 14.7 Å². The third kappa shape index (κ3) is 2.31. The Morgan fingerprint density at radius 1 is 1.24 bits per heavy atom. The fourth-order valence-corrected chi connectivity index (χ4v) is 2.72. The molecule has 1 atom stereocenters. The molecule has 0 saturated heterocycles. The average Bonchev–Trinajstić information content (AvgIpc) is 2.91. The van der Waals surface area contributed by atoms with E-state index >= 15 is 0 Å². The zero-order valence-electron chi connectivity index (χ0n) is 11.6. The zero-order chi connectivity index (χ0) is 15.0. The van der Waals surface area contributed by atoms with Crippen molar-refractivity contribution >= 4 is 11.9 Å². The molecule has 0 spiro atoms. The van der Waals surface area contributed by atoms with Crippen molar-refractivity contribution in [2.45, 2.75) is 25.9 Å². The Kier molecular flexibility index (Phi) is 3.25. The van der Waals surface area contributed by atoms with Crippen LogP contribution >= 0.6 is 0 Å². The molecule has 0 unspecified atom stereocenters. The third-order valence-electron chi connectivity index (χ3n) is 3.88. The molecule has 1 N–H and O–H groups in total. The Labute approximate surface area is 121 Å². The second-order valence-corrected chi connectivity index (χ2v) is 5.15. The lowest BCUT2D eigenvalue weighted by Gasteiger charge is -2.34. The van der Waals surface area contributed by atoms with E-state index in [4.69, 9.17) is 4.42 Å². The van der Waals surface area contributed by atoms with Crippen LogP contribution in [0.1, 0.15) is 27.2 Å². The highest BCUT2D eigenvalue weighted by atomic mass is 16.4. The standard InChI is InChI=1S/C16H15NO4/c1-10-13(6-7-21-10)15(18)17-9-12-5-3-2-4-11(12)8-14(17)16(19)20/h2-7,14H,8-9H2,1H3,(H,19,20)/t14-/m0/s1. The van der Waals surface area contributed by atoms with Crippen LogP contribution in [-0.4, -0.2) is 27.9 Å². The van der Waals surface area contributed by atoms with Crippen molar-refractivity contribution in [2.24, 2.45) is 0 Å². The van der Waals surface area contributed by atoms with Crippen molar-refractivity contribution in [1.82, 2.24) is 4.90 Å². The summed E-state index contributed by atoms with van der Waals surface area (Å²) >= 11 is 0. The van der Waals surface area contributed by atoms with Gasteiger partial charge >= 0.3 is 5.97 Å². The number of fused-ring (bicyclic) bond motifs is 1. The molecular formula is C16H15NO4. The van der Waals surface area contributed by atoms with Gasteiger partial charge in [-0.3, -0.25) is 4.79 Å². The number of carboxylic acid groups (broad SMARTS) is 1. The molecule has 2 aromatic rings. The first-order chi connectivity index (χ1) is 10.1. The molecule has 5 heteroatoms. The van der Waals surface area contributed by atoms with Gasteiger partial charge < -0.3 is 14.4 Å². The van der Waals surface area contributed by atoms with Crippen molar-refractivity contribution < 1.29 is 19.1 Å². The monoisotopic (exact) mass is 285 g/mol. The minimum absolute atomic E-state index is 0.302. The number of carbonyl (C=O) groups is 2. The number of rotatable bonds is 2. The number of carboxylic acids is 1. The van der Waals surface area contributed by atoms with Crippen LogP contribution in [0.3, 0.4) is 0 Å². The minimum atomic E-state index is -0.987. The van der Waals surface area contributed by atoms with E-state index < -0.39 is 12.0 Å². The smallest absolute Gasteiger partial charge is 0.326 e. The molecule has 0 saturated carbocycles. The maximum atomic E-state index is 12.6. The number of amides is 1. The number of hydrogen-bond donors (Lipinski definition) is 1. The average molecular weight is 285 g/mol. The molecule has 1 amide bonds. The van der Waals surface area contributed by atoms with Gasteiger partial charge in [0.1, 0.15) is 11.8 Å². The normalized spacial score (nSPS) is 17.4. The van der Waals surface area contributed by atoms with Crippen LogP contribution in [0.5, 0.6) is 0 Å². The predicted octanol–water partition coefficient (Wildman–Crippen LogP) is 2.24. The molecule has 1 aliphatic rings. The first-order valence-electron chi connectivity index (χ1n) is 6.72. The Morgan fingerprint density at radius 3 is 2.57 bits per heavy atom. The summed E-state index contributed by atoms with van der Waals surface area (Å²) in [5.74, 6) is -0.787. The van der Waals surface area contributed by atoms with Crippen LogP contribution in [0.25, 0.3) is 0 Å². The van der Waals surface area contributed by atoms with Gasteiger partial charge in [0.15, 0.2) is 0 Å². The lowest BCUT2D eigenvalue weighted by atomic mass is 9.93. The van der Waals surface area contributed by atoms with Gasteiger partial charge in [-0.05, 0) is 24.1 Å². The zero-order valence-corrected chi connectivity index (χ0v) is 11.6.